The van der Waals surface area contributed by atoms with E-state index in [1.807, 2.05) is 11.7 Å². The predicted molar refractivity (Wildman–Crippen MR) is 110 cm³/mol. The Balaban J connectivity index is 1.92. The lowest BCUT2D eigenvalue weighted by Crippen LogP contribution is -2.42. The first-order chi connectivity index (χ1) is 12.1. The number of aromatic nitrogens is 3. The number of nitrogens with zero attached hydrogens (tertiary/aromatic N) is 4. The van der Waals surface area contributed by atoms with E-state index in [-0.39, 0.29) is 11.5 Å². The van der Waals surface area contributed by atoms with E-state index < -0.39 is 0 Å². The Bertz CT molecular complexity index is 766. The Morgan fingerprint density at radius 1 is 1.35 bits per heavy atom. The van der Waals surface area contributed by atoms with Gasteiger partial charge in [0.1, 0.15) is 0 Å². The summed E-state index contributed by atoms with van der Waals surface area (Å²) in [5.74, 6) is 0.794. The monoisotopic (exact) mass is 376 g/mol. The molecule has 26 heavy (non-hydrogen) atoms. The normalized spacial score (nSPS) is 13.8. The summed E-state index contributed by atoms with van der Waals surface area (Å²) in [4.78, 5) is 9.06. The molecule has 2 rings (SSSR count). The van der Waals surface area contributed by atoms with Crippen LogP contribution in [0.3, 0.4) is 0 Å². The average molecular weight is 377 g/mol. The van der Waals surface area contributed by atoms with Crippen LogP contribution in [0.2, 0.25) is 0 Å². The van der Waals surface area contributed by atoms with Crippen LogP contribution in [-0.2, 0) is 25.4 Å². The van der Waals surface area contributed by atoms with E-state index in [0.717, 1.165) is 28.8 Å². The summed E-state index contributed by atoms with van der Waals surface area (Å²) >= 11 is 1.72. The molecule has 1 unspecified atom stereocenters. The second-order valence-electron chi connectivity index (χ2n) is 7.84. The van der Waals surface area contributed by atoms with Gasteiger partial charge in [-0.2, -0.15) is 5.10 Å². The molecule has 0 amide bonds. The minimum atomic E-state index is 0.0940. The number of hydrogen-bond donors (Lipinski definition) is 2. The molecule has 2 aromatic rings. The minimum Gasteiger partial charge on any atom is -0.354 e. The highest BCUT2D eigenvalue weighted by molar-refractivity contribution is 7.09. The Morgan fingerprint density at radius 2 is 2.04 bits per heavy atom. The molecule has 0 bridgehead atoms. The summed E-state index contributed by atoms with van der Waals surface area (Å²) in [6.45, 7) is 13.6. The molecule has 0 aliphatic heterocycles. The van der Waals surface area contributed by atoms with E-state index in [9.17, 15) is 0 Å². The van der Waals surface area contributed by atoms with Crippen LogP contribution in [0.15, 0.2) is 10.4 Å². The topological polar surface area (TPSA) is 67.1 Å². The molecule has 2 N–H and O–H groups in total. The Morgan fingerprint density at radius 3 is 2.54 bits per heavy atom. The molecule has 0 fully saturated rings. The van der Waals surface area contributed by atoms with Gasteiger partial charge in [0.2, 0.25) is 0 Å². The van der Waals surface area contributed by atoms with Crippen LogP contribution in [-0.4, -0.2) is 33.8 Å². The van der Waals surface area contributed by atoms with E-state index in [0.29, 0.717) is 6.54 Å². The summed E-state index contributed by atoms with van der Waals surface area (Å²) in [5, 5.41) is 14.6. The number of rotatable bonds is 5. The van der Waals surface area contributed by atoms with Gasteiger partial charge in [0.05, 0.1) is 22.9 Å². The molecule has 0 aromatic carbocycles. The van der Waals surface area contributed by atoms with Gasteiger partial charge in [0, 0.05) is 36.6 Å². The van der Waals surface area contributed by atoms with Crippen molar-refractivity contribution in [1.29, 1.82) is 0 Å². The zero-order chi connectivity index (χ0) is 19.5. The Labute approximate surface area is 161 Å². The number of nitrogens with one attached hydrogen (secondary N) is 2. The van der Waals surface area contributed by atoms with Crippen LogP contribution in [0.1, 0.15) is 55.3 Å². The molecule has 2 heterocycles. The second-order valence-corrected chi connectivity index (χ2v) is 8.70. The second kappa shape index (κ2) is 8.20. The summed E-state index contributed by atoms with van der Waals surface area (Å²) in [7, 11) is 3.79. The summed E-state index contributed by atoms with van der Waals surface area (Å²) in [6, 6.07) is 0.253. The summed E-state index contributed by atoms with van der Waals surface area (Å²) < 4.78 is 1.94. The Hall–Kier alpha value is -1.89. The lowest BCUT2D eigenvalue weighted by molar-refractivity contribution is 0.581. The first-order valence-electron chi connectivity index (χ1n) is 9.03. The molecule has 0 spiro atoms. The van der Waals surface area contributed by atoms with Crippen molar-refractivity contribution < 1.29 is 0 Å². The van der Waals surface area contributed by atoms with Crippen LogP contribution in [0, 0.1) is 13.8 Å². The zero-order valence-electron chi connectivity index (χ0n) is 17.3. The van der Waals surface area contributed by atoms with Gasteiger partial charge >= 0.3 is 0 Å². The summed E-state index contributed by atoms with van der Waals surface area (Å²) in [6.07, 6.45) is 0.914. The smallest absolute Gasteiger partial charge is 0.191 e. The highest BCUT2D eigenvalue weighted by Crippen LogP contribution is 2.25. The molecule has 0 aliphatic rings. The van der Waals surface area contributed by atoms with Gasteiger partial charge in [-0.25, -0.2) is 4.98 Å². The largest absolute Gasteiger partial charge is 0.354 e. The number of hydrogen-bond acceptors (Lipinski definition) is 4. The van der Waals surface area contributed by atoms with Gasteiger partial charge in [-0.1, -0.05) is 20.8 Å². The van der Waals surface area contributed by atoms with Crippen LogP contribution in [0.5, 0.6) is 0 Å². The fraction of sp³-hybridized carbons (Fsp3) is 0.632. The molecule has 0 aliphatic carbocycles. The van der Waals surface area contributed by atoms with Crippen LogP contribution < -0.4 is 10.6 Å². The third kappa shape index (κ3) is 5.06. The van der Waals surface area contributed by atoms with Crippen molar-refractivity contribution in [2.45, 2.75) is 66.0 Å². The van der Waals surface area contributed by atoms with Crippen molar-refractivity contribution in [2.24, 2.45) is 12.0 Å². The summed E-state index contributed by atoms with van der Waals surface area (Å²) in [5.41, 5.74) is 4.76. The van der Waals surface area contributed by atoms with Gasteiger partial charge in [-0.05, 0) is 32.8 Å². The van der Waals surface area contributed by atoms with Crippen molar-refractivity contribution in [3.05, 3.63) is 33.0 Å². The molecular weight excluding hydrogens is 344 g/mol. The highest BCUT2D eigenvalue weighted by atomic mass is 32.1. The van der Waals surface area contributed by atoms with E-state index in [1.54, 1.807) is 18.4 Å². The van der Waals surface area contributed by atoms with Gasteiger partial charge in [-0.3, -0.25) is 9.67 Å². The molecule has 144 valence electrons. The third-order valence-corrected chi connectivity index (χ3v) is 5.72. The van der Waals surface area contributed by atoms with Crippen molar-refractivity contribution in [3.8, 4) is 0 Å². The minimum absolute atomic E-state index is 0.0940. The van der Waals surface area contributed by atoms with Crippen molar-refractivity contribution in [3.63, 3.8) is 0 Å². The molecule has 6 nitrogen and oxygen atoms in total. The SMILES string of the molecule is CN=C(NCc1csc(C(C)(C)C)n1)NC(C)Cc1c(C)nn(C)c1C. The van der Waals surface area contributed by atoms with E-state index >= 15 is 0 Å². The van der Waals surface area contributed by atoms with Crippen LogP contribution in [0.25, 0.3) is 0 Å². The van der Waals surface area contributed by atoms with Gasteiger partial charge in [0.25, 0.3) is 0 Å². The van der Waals surface area contributed by atoms with Crippen molar-refractivity contribution in [1.82, 2.24) is 25.4 Å². The van der Waals surface area contributed by atoms with E-state index in [1.165, 1.54) is 11.3 Å². The quantitative estimate of drug-likeness (QED) is 0.622. The van der Waals surface area contributed by atoms with Gasteiger partial charge in [-0.15, -0.1) is 11.3 Å². The van der Waals surface area contributed by atoms with Crippen LogP contribution >= 0.6 is 11.3 Å². The Kier molecular flexibility index (Phi) is 6.44. The van der Waals surface area contributed by atoms with E-state index in [4.69, 9.17) is 4.98 Å². The number of thiazole rings is 1. The van der Waals surface area contributed by atoms with Gasteiger partial charge in [0.15, 0.2) is 5.96 Å². The maximum Gasteiger partial charge on any atom is 0.191 e. The molecule has 7 heteroatoms. The predicted octanol–water partition coefficient (Wildman–Crippen LogP) is 3.09. The third-order valence-electron chi connectivity index (χ3n) is 4.41. The highest BCUT2D eigenvalue weighted by Gasteiger charge is 2.18. The van der Waals surface area contributed by atoms with Crippen molar-refractivity contribution in [2.75, 3.05) is 7.05 Å². The standard InChI is InChI=1S/C19H32N6S/c1-12(9-16-13(2)24-25(8)14(16)3)22-18(20-7)21-10-15-11-26-17(23-15)19(4,5)6/h11-12H,9-10H2,1-8H3,(H2,20,21,22). The molecule has 0 saturated heterocycles. The zero-order valence-corrected chi connectivity index (χ0v) is 18.1. The average Bonchev–Trinajstić information content (AvgIpc) is 3.12. The molecule has 0 radical (unpaired) electrons. The number of aliphatic imine (C=N–C) groups is 1. The lowest BCUT2D eigenvalue weighted by atomic mass is 9.98. The maximum absolute atomic E-state index is 4.72. The first kappa shape index (κ1) is 20.4. The van der Waals surface area contributed by atoms with Gasteiger partial charge < -0.3 is 10.6 Å². The first-order valence-corrected chi connectivity index (χ1v) is 9.91. The number of guanidine groups is 1. The maximum atomic E-state index is 4.72. The molecular formula is C19H32N6S. The van der Waals surface area contributed by atoms with E-state index in [2.05, 4.69) is 67.6 Å². The van der Waals surface area contributed by atoms with Crippen LogP contribution in [0.4, 0.5) is 0 Å². The lowest BCUT2D eigenvalue weighted by Gasteiger charge is -2.18. The van der Waals surface area contributed by atoms with Crippen molar-refractivity contribution >= 4 is 17.3 Å². The molecule has 2 aromatic heterocycles. The molecule has 1 atom stereocenters. The molecule has 0 saturated carbocycles. The fourth-order valence-corrected chi connectivity index (χ4v) is 3.71. The number of aryl methyl sites for hydroxylation is 2. The fourth-order valence-electron chi connectivity index (χ4n) is 2.81.